The number of ether oxygens (including phenoxy) is 7. The third-order valence-electron chi connectivity index (χ3n) is 4.29. The van der Waals surface area contributed by atoms with Crippen LogP contribution in [-0.2, 0) is 59.0 Å². The first kappa shape index (κ1) is 26.6. The Morgan fingerprint density at radius 1 is 0.676 bits per heavy atom. The van der Waals surface area contributed by atoms with Gasteiger partial charge in [-0.05, 0) is 6.07 Å². The molecule has 1 aromatic rings. The molecule has 0 amide bonds. The lowest BCUT2D eigenvalue weighted by Gasteiger charge is -2.43. The van der Waals surface area contributed by atoms with Crippen molar-refractivity contribution in [2.24, 2.45) is 0 Å². The van der Waals surface area contributed by atoms with Crippen LogP contribution in [0, 0.1) is 0 Å². The number of benzene rings is 1. The summed E-state index contributed by atoms with van der Waals surface area (Å²) in [5.74, 6) is -3.49. The van der Waals surface area contributed by atoms with E-state index in [1.54, 1.807) is 18.2 Å². The Kier molecular flexibility index (Phi) is 9.36. The zero-order valence-corrected chi connectivity index (χ0v) is 19.3. The van der Waals surface area contributed by atoms with Gasteiger partial charge in [-0.15, -0.1) is 0 Å². The van der Waals surface area contributed by atoms with Crippen LogP contribution in [0.3, 0.4) is 0 Å². The Hall–Kier alpha value is -3.67. The first-order chi connectivity index (χ1) is 16.0. The van der Waals surface area contributed by atoms with Gasteiger partial charge in [0, 0.05) is 40.2 Å². The van der Waals surface area contributed by atoms with E-state index in [-0.39, 0.29) is 12.4 Å². The van der Waals surface area contributed by atoms with E-state index in [1.807, 2.05) is 0 Å². The molecule has 0 N–H and O–H groups in total. The predicted molar refractivity (Wildman–Crippen MR) is 110 cm³/mol. The molecule has 2 rings (SSSR count). The van der Waals surface area contributed by atoms with Crippen molar-refractivity contribution in [2.45, 2.75) is 72.1 Å². The molecule has 1 fully saturated rings. The second kappa shape index (κ2) is 12.0. The molecular formula is C22H26O12. The summed E-state index contributed by atoms with van der Waals surface area (Å²) in [6, 6.07) is 6.46. The minimum atomic E-state index is -1.57. The topological polar surface area (TPSA) is 150 Å². The van der Waals surface area contributed by atoms with E-state index >= 15 is 0 Å². The predicted octanol–water partition coefficient (Wildman–Crippen LogP) is 1.17. The fourth-order valence-corrected chi connectivity index (χ4v) is 3.13. The summed E-state index contributed by atoms with van der Waals surface area (Å²) < 4.78 is 37.5. The van der Waals surface area contributed by atoms with E-state index in [0.717, 1.165) is 27.7 Å². The molecule has 0 saturated carbocycles. The fraction of sp³-hybridized carbons (Fsp3) is 0.500. The Balaban J connectivity index is 2.48. The van der Waals surface area contributed by atoms with Crippen molar-refractivity contribution in [3.63, 3.8) is 0 Å². The normalized spacial score (nSPS) is 23.7. The first-order valence-corrected chi connectivity index (χ1v) is 10.2. The van der Waals surface area contributed by atoms with E-state index in [2.05, 4.69) is 0 Å². The molecule has 1 aliphatic heterocycles. The van der Waals surface area contributed by atoms with Crippen LogP contribution in [0.1, 0.15) is 40.2 Å². The van der Waals surface area contributed by atoms with E-state index in [0.29, 0.717) is 5.56 Å². The summed E-state index contributed by atoms with van der Waals surface area (Å²) in [5.41, 5.74) is 0.443. The van der Waals surface area contributed by atoms with E-state index in [9.17, 15) is 24.0 Å². The molecule has 12 nitrogen and oxygen atoms in total. The third-order valence-corrected chi connectivity index (χ3v) is 4.29. The maximum atomic E-state index is 11.8. The summed E-state index contributed by atoms with van der Waals surface area (Å²) in [6.45, 7) is 5.49. The van der Waals surface area contributed by atoms with Crippen LogP contribution in [-0.4, -0.2) is 60.7 Å². The number of carbonyl (C=O) groups is 5. The lowest BCUT2D eigenvalue weighted by Crippen LogP contribution is -2.63. The monoisotopic (exact) mass is 482 g/mol. The molecule has 1 heterocycles. The molecule has 5 atom stereocenters. The van der Waals surface area contributed by atoms with Gasteiger partial charge in [0.2, 0.25) is 24.8 Å². The van der Waals surface area contributed by atoms with E-state index in [4.69, 9.17) is 33.2 Å². The van der Waals surface area contributed by atoms with Gasteiger partial charge in [-0.1, -0.05) is 18.2 Å². The van der Waals surface area contributed by atoms with Gasteiger partial charge in [0.05, 0.1) is 0 Å². The maximum Gasteiger partial charge on any atom is 0.305 e. The highest BCUT2D eigenvalue weighted by molar-refractivity contribution is 5.69. The number of carbonyl (C=O) groups excluding carboxylic acids is 5. The van der Waals surface area contributed by atoms with Crippen LogP contribution < -0.4 is 4.74 Å². The molecule has 1 saturated heterocycles. The smallest absolute Gasteiger partial charge is 0.305 e. The van der Waals surface area contributed by atoms with Gasteiger partial charge in [0.1, 0.15) is 12.4 Å². The van der Waals surface area contributed by atoms with E-state index in [1.165, 1.54) is 13.0 Å². The minimum Gasteiger partial charge on any atom is -0.461 e. The van der Waals surface area contributed by atoms with Crippen LogP contribution in [0.2, 0.25) is 0 Å². The molecule has 1 aliphatic rings. The number of hydrogen-bond acceptors (Lipinski definition) is 12. The molecule has 186 valence electrons. The van der Waals surface area contributed by atoms with Gasteiger partial charge in [0.15, 0.2) is 6.10 Å². The van der Waals surface area contributed by atoms with Crippen LogP contribution in [0.4, 0.5) is 0 Å². The average Bonchev–Trinajstić information content (AvgIpc) is 2.71. The maximum absolute atomic E-state index is 11.8. The molecule has 0 spiro atoms. The van der Waals surface area contributed by atoms with Crippen molar-refractivity contribution in [2.75, 3.05) is 0 Å². The third kappa shape index (κ3) is 7.73. The second-order valence-corrected chi connectivity index (χ2v) is 7.21. The van der Waals surface area contributed by atoms with Crippen LogP contribution >= 0.6 is 0 Å². The quantitative estimate of drug-likeness (QED) is 0.386. The van der Waals surface area contributed by atoms with E-state index < -0.39 is 60.7 Å². The van der Waals surface area contributed by atoms with Crippen LogP contribution in [0.15, 0.2) is 24.3 Å². The Labute approximate surface area is 195 Å². The summed E-state index contributed by atoms with van der Waals surface area (Å²) in [5, 5.41) is 0. The molecule has 1 aromatic carbocycles. The van der Waals surface area contributed by atoms with Gasteiger partial charge < -0.3 is 28.4 Å². The Morgan fingerprint density at radius 3 is 1.71 bits per heavy atom. The Bertz CT molecular complexity index is 926. The highest BCUT2D eigenvalue weighted by atomic mass is 16.8. The highest BCUT2D eigenvalue weighted by Gasteiger charge is 2.54. The van der Waals surface area contributed by atoms with Crippen LogP contribution in [0.25, 0.3) is 0 Å². The molecule has 0 aliphatic carbocycles. The standard InChI is InChI=1S/C22H26O12/c1-11(23)28-10-16-8-6-7-9-17(16)33-22-20(31-14(4)26)18(29-12(2)24)19(30-13(3)25)21(34-22)32-15(5)27/h6-9,18-22H,10H2,1-5H3/t18?,19?,20?,21-,22?/m0/s1. The lowest BCUT2D eigenvalue weighted by atomic mass is 10.0. The van der Waals surface area contributed by atoms with Crippen molar-refractivity contribution in [1.29, 1.82) is 0 Å². The molecule has 0 bridgehead atoms. The van der Waals surface area contributed by atoms with Gasteiger partial charge in [-0.2, -0.15) is 0 Å². The van der Waals surface area contributed by atoms with Crippen molar-refractivity contribution >= 4 is 29.8 Å². The van der Waals surface area contributed by atoms with Crippen molar-refractivity contribution in [3.8, 4) is 5.75 Å². The van der Waals surface area contributed by atoms with Crippen molar-refractivity contribution < 1.29 is 57.1 Å². The number of hydrogen-bond donors (Lipinski definition) is 0. The summed E-state index contributed by atoms with van der Waals surface area (Å²) in [6.07, 6.45) is -7.40. The van der Waals surface area contributed by atoms with Gasteiger partial charge in [-0.3, -0.25) is 28.7 Å². The molecule has 12 heteroatoms. The van der Waals surface area contributed by atoms with Crippen molar-refractivity contribution in [3.05, 3.63) is 29.8 Å². The van der Waals surface area contributed by atoms with Crippen LogP contribution in [0.5, 0.6) is 5.75 Å². The zero-order valence-electron chi connectivity index (χ0n) is 19.3. The first-order valence-electron chi connectivity index (χ1n) is 10.2. The molecule has 0 radical (unpaired) electrons. The molecular weight excluding hydrogens is 456 g/mol. The summed E-state index contributed by atoms with van der Waals surface area (Å²) in [7, 11) is 0. The highest BCUT2D eigenvalue weighted by Crippen LogP contribution is 2.32. The molecule has 4 unspecified atom stereocenters. The number of para-hydroxylation sites is 1. The summed E-state index contributed by atoms with van der Waals surface area (Å²) in [4.78, 5) is 58.3. The molecule has 0 aromatic heterocycles. The van der Waals surface area contributed by atoms with Gasteiger partial charge >= 0.3 is 29.8 Å². The van der Waals surface area contributed by atoms with Gasteiger partial charge in [0.25, 0.3) is 0 Å². The fourth-order valence-electron chi connectivity index (χ4n) is 3.13. The largest absolute Gasteiger partial charge is 0.461 e. The second-order valence-electron chi connectivity index (χ2n) is 7.21. The zero-order chi connectivity index (χ0) is 25.4. The average molecular weight is 482 g/mol. The van der Waals surface area contributed by atoms with Gasteiger partial charge in [-0.25, -0.2) is 0 Å². The Morgan fingerprint density at radius 2 is 1.18 bits per heavy atom. The number of rotatable bonds is 8. The SMILES string of the molecule is CC(=O)OCc1ccccc1OC1O[C@H](OC(C)=O)C(OC(C)=O)C(OC(C)=O)C1OC(C)=O. The number of esters is 5. The lowest BCUT2D eigenvalue weighted by molar-refractivity contribution is -0.328. The van der Waals surface area contributed by atoms with Crippen molar-refractivity contribution in [1.82, 2.24) is 0 Å². The summed E-state index contributed by atoms with van der Waals surface area (Å²) >= 11 is 0. The minimum absolute atomic E-state index is 0.132. The molecule has 34 heavy (non-hydrogen) atoms.